The molecule has 0 bridgehead atoms. The molecule has 2 N–H and O–H groups in total. The summed E-state index contributed by atoms with van der Waals surface area (Å²) in [5.41, 5.74) is 5.56. The summed E-state index contributed by atoms with van der Waals surface area (Å²) < 4.78 is 29.4. The van der Waals surface area contributed by atoms with Gasteiger partial charge in [0.2, 0.25) is 0 Å². The number of halogens is 2. The predicted octanol–water partition coefficient (Wildman–Crippen LogP) is 1.92. The van der Waals surface area contributed by atoms with Crippen molar-refractivity contribution in [3.05, 3.63) is 17.5 Å². The fourth-order valence-corrected chi connectivity index (χ4v) is 1.07. The van der Waals surface area contributed by atoms with Crippen LogP contribution in [0, 0.1) is 6.92 Å². The Morgan fingerprint density at radius 2 is 2.15 bits per heavy atom. The molecular weight excluding hydrogens is 178 g/mol. The largest absolute Gasteiger partial charge is 0.494 e. The van der Waals surface area contributed by atoms with E-state index in [0.717, 1.165) is 0 Å². The number of alkyl halides is 2. The SMILES string of the molecule is COc1c(C)cnc(C(F)F)c1N. The fraction of sp³-hybridized carbons (Fsp3) is 0.375. The molecule has 0 radical (unpaired) electrons. The zero-order valence-electron chi connectivity index (χ0n) is 7.34. The van der Waals surface area contributed by atoms with Gasteiger partial charge in [-0.1, -0.05) is 0 Å². The van der Waals surface area contributed by atoms with Crippen LogP contribution in [-0.4, -0.2) is 12.1 Å². The highest BCUT2D eigenvalue weighted by molar-refractivity contribution is 5.59. The van der Waals surface area contributed by atoms with Gasteiger partial charge in [0.05, 0.1) is 7.11 Å². The highest BCUT2D eigenvalue weighted by atomic mass is 19.3. The lowest BCUT2D eigenvalue weighted by Gasteiger charge is -2.10. The van der Waals surface area contributed by atoms with Crippen LogP contribution in [0.2, 0.25) is 0 Å². The fourth-order valence-electron chi connectivity index (χ4n) is 1.07. The molecule has 1 aromatic heterocycles. The molecule has 0 atom stereocenters. The van der Waals surface area contributed by atoms with Gasteiger partial charge in [0.25, 0.3) is 6.43 Å². The predicted molar refractivity (Wildman–Crippen MR) is 44.9 cm³/mol. The number of rotatable bonds is 2. The van der Waals surface area contributed by atoms with E-state index in [1.165, 1.54) is 13.3 Å². The Morgan fingerprint density at radius 1 is 1.54 bits per heavy atom. The number of aromatic nitrogens is 1. The Bertz CT molecular complexity index is 315. The van der Waals surface area contributed by atoms with Gasteiger partial charge in [-0.3, -0.25) is 4.98 Å². The van der Waals surface area contributed by atoms with Crippen molar-refractivity contribution in [1.82, 2.24) is 4.98 Å². The summed E-state index contributed by atoms with van der Waals surface area (Å²) in [6.07, 6.45) is -1.36. The molecule has 1 aromatic rings. The summed E-state index contributed by atoms with van der Waals surface area (Å²) in [6.45, 7) is 1.69. The summed E-state index contributed by atoms with van der Waals surface area (Å²) in [6, 6.07) is 0. The average Bonchev–Trinajstić information content (AvgIpc) is 2.04. The lowest BCUT2D eigenvalue weighted by Crippen LogP contribution is -2.03. The lowest BCUT2D eigenvalue weighted by molar-refractivity contribution is 0.146. The summed E-state index contributed by atoms with van der Waals surface area (Å²) >= 11 is 0. The molecule has 5 heteroatoms. The van der Waals surface area contributed by atoms with Crippen LogP contribution in [0.15, 0.2) is 6.20 Å². The van der Waals surface area contributed by atoms with Crippen LogP contribution >= 0.6 is 0 Å². The minimum absolute atomic E-state index is 0.0856. The normalized spacial score (nSPS) is 10.5. The second-order valence-electron chi connectivity index (χ2n) is 2.57. The molecular formula is C8H10F2N2O. The Balaban J connectivity index is 3.27. The molecule has 0 aromatic carbocycles. The number of anilines is 1. The van der Waals surface area contributed by atoms with Gasteiger partial charge in [-0.2, -0.15) is 0 Å². The monoisotopic (exact) mass is 188 g/mol. The summed E-state index contributed by atoms with van der Waals surface area (Å²) in [5, 5.41) is 0. The molecule has 0 spiro atoms. The van der Waals surface area contributed by atoms with Crippen molar-refractivity contribution in [3.8, 4) is 5.75 Å². The van der Waals surface area contributed by atoms with E-state index in [4.69, 9.17) is 10.5 Å². The van der Waals surface area contributed by atoms with Gasteiger partial charge in [-0.05, 0) is 6.92 Å². The quantitative estimate of drug-likeness (QED) is 0.771. The molecule has 0 aliphatic carbocycles. The van der Waals surface area contributed by atoms with Crippen molar-refractivity contribution in [1.29, 1.82) is 0 Å². The minimum Gasteiger partial charge on any atom is -0.494 e. The van der Waals surface area contributed by atoms with E-state index >= 15 is 0 Å². The van der Waals surface area contributed by atoms with Crippen molar-refractivity contribution in [2.24, 2.45) is 0 Å². The van der Waals surface area contributed by atoms with Gasteiger partial charge >= 0.3 is 0 Å². The molecule has 1 heterocycles. The molecule has 0 unspecified atom stereocenters. The van der Waals surface area contributed by atoms with E-state index in [0.29, 0.717) is 5.56 Å². The first kappa shape index (κ1) is 9.70. The Morgan fingerprint density at radius 3 is 2.62 bits per heavy atom. The number of nitrogens with zero attached hydrogens (tertiary/aromatic N) is 1. The molecule has 13 heavy (non-hydrogen) atoms. The number of methoxy groups -OCH3 is 1. The van der Waals surface area contributed by atoms with Crippen LogP contribution in [0.3, 0.4) is 0 Å². The first-order valence-electron chi connectivity index (χ1n) is 3.65. The van der Waals surface area contributed by atoms with Crippen molar-refractivity contribution in [2.45, 2.75) is 13.3 Å². The van der Waals surface area contributed by atoms with Crippen LogP contribution in [0.1, 0.15) is 17.7 Å². The standard InChI is InChI=1S/C8H10F2N2O/c1-4-3-12-6(8(9)10)5(11)7(4)13-2/h3,8H,11H2,1-2H3. The van der Waals surface area contributed by atoms with E-state index in [1.807, 2.05) is 0 Å². The van der Waals surface area contributed by atoms with Crippen LogP contribution in [-0.2, 0) is 0 Å². The second-order valence-corrected chi connectivity index (χ2v) is 2.57. The lowest BCUT2D eigenvalue weighted by atomic mass is 10.2. The van der Waals surface area contributed by atoms with Crippen LogP contribution < -0.4 is 10.5 Å². The molecule has 3 nitrogen and oxygen atoms in total. The average molecular weight is 188 g/mol. The van der Waals surface area contributed by atoms with Crippen molar-refractivity contribution < 1.29 is 13.5 Å². The van der Waals surface area contributed by atoms with Crippen molar-refractivity contribution in [2.75, 3.05) is 12.8 Å². The van der Waals surface area contributed by atoms with E-state index in [1.54, 1.807) is 6.92 Å². The number of nitrogen functional groups attached to an aromatic ring is 1. The number of aryl methyl sites for hydroxylation is 1. The zero-order chi connectivity index (χ0) is 10.0. The molecule has 1 rings (SSSR count). The number of ether oxygens (including phenoxy) is 1. The Kier molecular flexibility index (Phi) is 2.65. The van der Waals surface area contributed by atoms with Gasteiger partial charge in [-0.25, -0.2) is 8.78 Å². The minimum atomic E-state index is -2.67. The Hall–Kier alpha value is -1.39. The molecule has 0 amide bonds. The van der Waals surface area contributed by atoms with Gasteiger partial charge in [0.1, 0.15) is 17.1 Å². The third-order valence-electron chi connectivity index (χ3n) is 1.69. The molecule has 0 saturated carbocycles. The van der Waals surface area contributed by atoms with E-state index in [2.05, 4.69) is 4.98 Å². The number of nitrogens with two attached hydrogens (primary N) is 1. The van der Waals surface area contributed by atoms with Crippen LogP contribution in [0.4, 0.5) is 14.5 Å². The van der Waals surface area contributed by atoms with Gasteiger partial charge in [0, 0.05) is 11.8 Å². The van der Waals surface area contributed by atoms with Crippen molar-refractivity contribution >= 4 is 5.69 Å². The third kappa shape index (κ3) is 1.68. The van der Waals surface area contributed by atoms with Gasteiger partial charge in [-0.15, -0.1) is 0 Å². The topological polar surface area (TPSA) is 48.1 Å². The molecule has 0 aliphatic heterocycles. The van der Waals surface area contributed by atoms with Crippen LogP contribution in [0.25, 0.3) is 0 Å². The highest BCUT2D eigenvalue weighted by Crippen LogP contribution is 2.32. The maximum Gasteiger partial charge on any atom is 0.282 e. The van der Waals surface area contributed by atoms with Gasteiger partial charge in [0.15, 0.2) is 0 Å². The van der Waals surface area contributed by atoms with Crippen LogP contribution in [0.5, 0.6) is 5.75 Å². The Labute approximate surface area is 74.5 Å². The number of pyridine rings is 1. The molecule has 0 aliphatic rings. The first-order valence-corrected chi connectivity index (χ1v) is 3.65. The van der Waals surface area contributed by atoms with Gasteiger partial charge < -0.3 is 10.5 Å². The second kappa shape index (κ2) is 3.55. The summed E-state index contributed by atoms with van der Waals surface area (Å²) in [7, 11) is 1.38. The number of hydrogen-bond donors (Lipinski definition) is 1. The first-order chi connectivity index (χ1) is 6.07. The molecule has 0 fully saturated rings. The summed E-state index contributed by atoms with van der Waals surface area (Å²) in [4.78, 5) is 3.53. The molecule has 72 valence electrons. The van der Waals surface area contributed by atoms with E-state index < -0.39 is 12.1 Å². The highest BCUT2D eigenvalue weighted by Gasteiger charge is 2.17. The summed E-state index contributed by atoms with van der Waals surface area (Å²) in [5.74, 6) is 0.269. The number of hydrogen-bond acceptors (Lipinski definition) is 3. The third-order valence-corrected chi connectivity index (χ3v) is 1.69. The smallest absolute Gasteiger partial charge is 0.282 e. The van der Waals surface area contributed by atoms with E-state index in [9.17, 15) is 8.78 Å². The van der Waals surface area contributed by atoms with E-state index in [-0.39, 0.29) is 11.4 Å². The maximum absolute atomic E-state index is 12.3. The maximum atomic E-state index is 12.3. The van der Waals surface area contributed by atoms with Crippen molar-refractivity contribution in [3.63, 3.8) is 0 Å². The zero-order valence-corrected chi connectivity index (χ0v) is 7.34. The molecule has 0 saturated heterocycles.